The third-order valence-electron chi connectivity index (χ3n) is 5.65. The SMILES string of the molecule is Cc1nc2cccc(CN)c2c(=O)n1[C@]1(C(=O)OCc2ccccc2)CCC(=O)NC1=O. The molecule has 1 aliphatic heterocycles. The highest BCUT2D eigenvalue weighted by molar-refractivity contribution is 6.13. The Morgan fingerprint density at radius 1 is 1.16 bits per heavy atom. The van der Waals surface area contributed by atoms with E-state index in [1.165, 1.54) is 6.92 Å². The van der Waals surface area contributed by atoms with Crippen LogP contribution in [0.4, 0.5) is 0 Å². The molecule has 1 aromatic heterocycles. The summed E-state index contributed by atoms with van der Waals surface area (Å²) in [4.78, 5) is 56.5. The Morgan fingerprint density at radius 3 is 2.59 bits per heavy atom. The Bertz CT molecular complexity index is 1280. The van der Waals surface area contributed by atoms with Gasteiger partial charge in [-0.2, -0.15) is 0 Å². The zero-order valence-corrected chi connectivity index (χ0v) is 17.5. The van der Waals surface area contributed by atoms with Crippen molar-refractivity contribution in [2.24, 2.45) is 5.73 Å². The number of carbonyl (C=O) groups is 3. The van der Waals surface area contributed by atoms with Crippen LogP contribution in [-0.4, -0.2) is 27.3 Å². The van der Waals surface area contributed by atoms with Crippen molar-refractivity contribution in [3.8, 4) is 0 Å². The summed E-state index contributed by atoms with van der Waals surface area (Å²) in [7, 11) is 0. The second kappa shape index (κ2) is 8.35. The van der Waals surface area contributed by atoms with Crippen LogP contribution in [0, 0.1) is 6.92 Å². The molecule has 3 aromatic rings. The van der Waals surface area contributed by atoms with E-state index in [1.54, 1.807) is 42.5 Å². The number of nitrogens with one attached hydrogen (secondary N) is 1. The van der Waals surface area contributed by atoms with Crippen LogP contribution >= 0.6 is 0 Å². The molecule has 3 N–H and O–H groups in total. The van der Waals surface area contributed by atoms with Gasteiger partial charge in [0.05, 0.1) is 10.9 Å². The summed E-state index contributed by atoms with van der Waals surface area (Å²) in [6.07, 6.45) is -0.349. The van der Waals surface area contributed by atoms with Gasteiger partial charge in [0.2, 0.25) is 11.4 Å². The monoisotopic (exact) mass is 434 g/mol. The zero-order chi connectivity index (χ0) is 22.9. The number of rotatable bonds is 5. The van der Waals surface area contributed by atoms with Gasteiger partial charge in [0.25, 0.3) is 11.5 Å². The number of hydrogen-bond acceptors (Lipinski definition) is 7. The number of aryl methyl sites for hydroxylation is 1. The summed E-state index contributed by atoms with van der Waals surface area (Å²) in [5, 5.41) is 2.41. The Labute approximate surface area is 183 Å². The van der Waals surface area contributed by atoms with Crippen molar-refractivity contribution in [2.45, 2.75) is 38.5 Å². The van der Waals surface area contributed by atoms with Crippen molar-refractivity contribution in [2.75, 3.05) is 0 Å². The molecule has 32 heavy (non-hydrogen) atoms. The van der Waals surface area contributed by atoms with Gasteiger partial charge in [-0.3, -0.25) is 24.3 Å². The van der Waals surface area contributed by atoms with Crippen molar-refractivity contribution in [3.05, 3.63) is 75.8 Å². The Kier molecular flexibility index (Phi) is 5.58. The van der Waals surface area contributed by atoms with Gasteiger partial charge < -0.3 is 10.5 Å². The van der Waals surface area contributed by atoms with Crippen LogP contribution < -0.4 is 16.6 Å². The maximum atomic E-state index is 13.6. The predicted molar refractivity (Wildman–Crippen MR) is 115 cm³/mol. The first-order valence-corrected chi connectivity index (χ1v) is 10.2. The number of amides is 2. The Morgan fingerprint density at radius 2 is 1.91 bits per heavy atom. The first-order chi connectivity index (χ1) is 15.4. The highest BCUT2D eigenvalue weighted by Gasteiger charge is 2.54. The standard InChI is InChI=1S/C23H22N4O5/c1-14-25-17-9-5-8-16(12-24)19(17)20(29)27(14)23(11-10-18(28)26-21(23)30)22(31)32-13-15-6-3-2-4-7-15/h2-9H,10-13,24H2,1H3,(H,26,28,30)/t23-/m1/s1. The zero-order valence-electron chi connectivity index (χ0n) is 17.5. The molecule has 1 aliphatic rings. The molecule has 0 spiro atoms. The minimum atomic E-state index is -2.06. The fourth-order valence-corrected chi connectivity index (χ4v) is 4.07. The summed E-state index contributed by atoms with van der Waals surface area (Å²) >= 11 is 0. The normalized spacial score (nSPS) is 18.4. The second-order valence-corrected chi connectivity index (χ2v) is 7.61. The third kappa shape index (κ3) is 3.46. The van der Waals surface area contributed by atoms with Gasteiger partial charge in [0.1, 0.15) is 12.4 Å². The maximum Gasteiger partial charge on any atom is 0.342 e. The molecule has 0 aliphatic carbocycles. The summed E-state index contributed by atoms with van der Waals surface area (Å²) < 4.78 is 6.53. The number of benzene rings is 2. The number of fused-ring (bicyclic) bond motifs is 1. The van der Waals surface area contributed by atoms with Crippen LogP contribution in [0.15, 0.2) is 53.3 Å². The number of imide groups is 1. The van der Waals surface area contributed by atoms with E-state index in [9.17, 15) is 19.2 Å². The van der Waals surface area contributed by atoms with Crippen molar-refractivity contribution in [1.29, 1.82) is 0 Å². The van der Waals surface area contributed by atoms with Crippen molar-refractivity contribution >= 4 is 28.7 Å². The Hall–Kier alpha value is -3.85. The molecule has 0 saturated carbocycles. The molecule has 9 nitrogen and oxygen atoms in total. The lowest BCUT2D eigenvalue weighted by Crippen LogP contribution is -2.62. The summed E-state index contributed by atoms with van der Waals surface area (Å²) in [6.45, 7) is 1.52. The largest absolute Gasteiger partial charge is 0.459 e. The fourth-order valence-electron chi connectivity index (χ4n) is 4.07. The lowest BCUT2D eigenvalue weighted by atomic mass is 9.87. The lowest BCUT2D eigenvalue weighted by molar-refractivity contribution is -0.164. The second-order valence-electron chi connectivity index (χ2n) is 7.61. The van der Waals surface area contributed by atoms with E-state index in [-0.39, 0.29) is 37.2 Å². The molecule has 1 fully saturated rings. The van der Waals surface area contributed by atoms with E-state index >= 15 is 0 Å². The van der Waals surface area contributed by atoms with Crippen LogP contribution in [0.1, 0.15) is 29.8 Å². The molecule has 4 rings (SSSR count). The molecule has 1 saturated heterocycles. The number of nitrogens with zero attached hydrogens (tertiary/aromatic N) is 2. The summed E-state index contributed by atoms with van der Waals surface area (Å²) in [5.74, 6) is -2.22. The molecule has 9 heteroatoms. The van der Waals surface area contributed by atoms with Gasteiger partial charge in [-0.1, -0.05) is 42.5 Å². The van der Waals surface area contributed by atoms with E-state index in [4.69, 9.17) is 10.5 Å². The smallest absolute Gasteiger partial charge is 0.342 e. The van der Waals surface area contributed by atoms with Crippen molar-refractivity contribution in [3.63, 3.8) is 0 Å². The molecule has 2 amide bonds. The van der Waals surface area contributed by atoms with Crippen LogP contribution in [0.5, 0.6) is 0 Å². The fraction of sp³-hybridized carbons (Fsp3) is 0.261. The van der Waals surface area contributed by atoms with E-state index < -0.39 is 28.9 Å². The molecular formula is C23H22N4O5. The van der Waals surface area contributed by atoms with Gasteiger partial charge >= 0.3 is 5.97 Å². The molecule has 1 atom stereocenters. The molecule has 2 aromatic carbocycles. The molecule has 0 bridgehead atoms. The van der Waals surface area contributed by atoms with Crippen LogP contribution in [0.25, 0.3) is 10.9 Å². The number of ether oxygens (including phenoxy) is 1. The van der Waals surface area contributed by atoms with Gasteiger partial charge in [-0.25, -0.2) is 9.78 Å². The average Bonchev–Trinajstić information content (AvgIpc) is 2.79. The number of esters is 1. The van der Waals surface area contributed by atoms with E-state index in [2.05, 4.69) is 10.3 Å². The lowest BCUT2D eigenvalue weighted by Gasteiger charge is -2.35. The van der Waals surface area contributed by atoms with E-state index in [0.717, 1.165) is 10.1 Å². The summed E-state index contributed by atoms with van der Waals surface area (Å²) in [5.41, 5.74) is 4.82. The first kappa shape index (κ1) is 21.4. The van der Waals surface area contributed by atoms with Crippen molar-refractivity contribution in [1.82, 2.24) is 14.9 Å². The quantitative estimate of drug-likeness (QED) is 0.348. The third-order valence-corrected chi connectivity index (χ3v) is 5.65. The minimum Gasteiger partial charge on any atom is -0.459 e. The number of carbonyl (C=O) groups excluding carboxylic acids is 3. The average molecular weight is 434 g/mol. The van der Waals surface area contributed by atoms with Crippen molar-refractivity contribution < 1.29 is 19.1 Å². The first-order valence-electron chi connectivity index (χ1n) is 10.2. The van der Waals surface area contributed by atoms with Gasteiger partial charge in [0.15, 0.2) is 0 Å². The van der Waals surface area contributed by atoms with Crippen LogP contribution in [0.3, 0.4) is 0 Å². The number of piperidine rings is 1. The molecule has 0 radical (unpaired) electrons. The Balaban J connectivity index is 1.89. The van der Waals surface area contributed by atoms with E-state index in [0.29, 0.717) is 11.1 Å². The highest BCUT2D eigenvalue weighted by atomic mass is 16.5. The molecule has 164 valence electrons. The maximum absolute atomic E-state index is 13.6. The molecule has 2 heterocycles. The van der Waals surface area contributed by atoms with Gasteiger partial charge in [-0.05, 0) is 30.5 Å². The van der Waals surface area contributed by atoms with Crippen LogP contribution in [-0.2, 0) is 37.8 Å². The molecule has 0 unspecified atom stereocenters. The van der Waals surface area contributed by atoms with Gasteiger partial charge in [0, 0.05) is 13.0 Å². The summed E-state index contributed by atoms with van der Waals surface area (Å²) in [6, 6.07) is 14.0. The number of aromatic nitrogens is 2. The van der Waals surface area contributed by atoms with Crippen LogP contribution in [0.2, 0.25) is 0 Å². The van der Waals surface area contributed by atoms with E-state index in [1.807, 2.05) is 6.07 Å². The minimum absolute atomic E-state index is 0.0768. The topological polar surface area (TPSA) is 133 Å². The highest BCUT2D eigenvalue weighted by Crippen LogP contribution is 2.30. The van der Waals surface area contributed by atoms with Gasteiger partial charge in [-0.15, -0.1) is 0 Å². The number of hydrogen-bond donors (Lipinski definition) is 2. The predicted octanol–water partition coefficient (Wildman–Crippen LogP) is 1.04. The number of nitrogens with two attached hydrogens (primary N) is 1. The molecular weight excluding hydrogens is 412 g/mol.